The zero-order chi connectivity index (χ0) is 22.5. The summed E-state index contributed by atoms with van der Waals surface area (Å²) in [5, 5.41) is 6.23. The van der Waals surface area contributed by atoms with Crippen LogP contribution in [0, 0.1) is 5.92 Å². The second-order valence-corrected chi connectivity index (χ2v) is 8.82. The fourth-order valence-corrected chi connectivity index (χ4v) is 4.75. The van der Waals surface area contributed by atoms with Crippen LogP contribution >= 0.6 is 11.6 Å². The van der Waals surface area contributed by atoms with E-state index >= 15 is 0 Å². The summed E-state index contributed by atoms with van der Waals surface area (Å²) < 4.78 is 5.07. The number of methoxy groups -OCH3 is 1. The monoisotopic (exact) mass is 453 g/mol. The molecule has 1 atom stereocenters. The minimum Gasteiger partial charge on any atom is -0.466 e. The predicted octanol–water partition coefficient (Wildman–Crippen LogP) is 4.08. The summed E-state index contributed by atoms with van der Waals surface area (Å²) in [6, 6.07) is 16.8. The largest absolute Gasteiger partial charge is 0.466 e. The van der Waals surface area contributed by atoms with Crippen molar-refractivity contribution in [2.45, 2.75) is 25.3 Å². The second-order valence-electron chi connectivity index (χ2n) is 8.38. The highest BCUT2D eigenvalue weighted by atomic mass is 35.5. The summed E-state index contributed by atoms with van der Waals surface area (Å²) in [5.41, 5.74) is 3.12. The van der Waals surface area contributed by atoms with Crippen LogP contribution in [0.3, 0.4) is 0 Å². The van der Waals surface area contributed by atoms with E-state index in [1.54, 1.807) is 18.2 Å². The number of halogens is 1. The molecule has 168 valence electrons. The van der Waals surface area contributed by atoms with E-state index in [1.807, 2.05) is 12.1 Å². The lowest BCUT2D eigenvalue weighted by Crippen LogP contribution is -2.49. The van der Waals surface area contributed by atoms with Crippen molar-refractivity contribution in [1.29, 1.82) is 0 Å². The minimum absolute atomic E-state index is 0.336. The summed E-state index contributed by atoms with van der Waals surface area (Å²) in [4.78, 5) is 27.5. The Bertz CT molecular complexity index is 1000. The van der Waals surface area contributed by atoms with E-state index in [1.165, 1.54) is 12.7 Å². The van der Waals surface area contributed by atoms with Crippen molar-refractivity contribution in [3.05, 3.63) is 82.0 Å². The van der Waals surface area contributed by atoms with Gasteiger partial charge in [-0.25, -0.2) is 9.59 Å². The molecule has 2 N–H and O–H groups in total. The van der Waals surface area contributed by atoms with Crippen molar-refractivity contribution in [2.24, 2.45) is 5.92 Å². The highest BCUT2D eigenvalue weighted by Crippen LogP contribution is 2.30. The Balaban J connectivity index is 1.50. The molecule has 0 bridgehead atoms. The number of carbonyl (C=O) groups is 2. The fourth-order valence-electron chi connectivity index (χ4n) is 4.55. The van der Waals surface area contributed by atoms with Crippen LogP contribution in [0.5, 0.6) is 0 Å². The zero-order valence-electron chi connectivity index (χ0n) is 18.1. The molecule has 0 saturated carbocycles. The average molecular weight is 454 g/mol. The molecule has 4 rings (SSSR count). The number of piperidine rings is 1. The molecular formula is C25H28ClN3O3. The van der Waals surface area contributed by atoms with Gasteiger partial charge in [-0.2, -0.15) is 0 Å². The molecule has 2 aromatic carbocycles. The number of hydrogen-bond donors (Lipinski definition) is 2. The molecule has 0 radical (unpaired) electrons. The van der Waals surface area contributed by atoms with Gasteiger partial charge < -0.3 is 15.4 Å². The maximum atomic E-state index is 12.7. The first-order valence-corrected chi connectivity index (χ1v) is 11.3. The number of likely N-dealkylation sites (tertiary alicyclic amines) is 1. The summed E-state index contributed by atoms with van der Waals surface area (Å²) in [6.07, 6.45) is 3.25. The molecule has 2 aliphatic rings. The first kappa shape index (κ1) is 22.4. The van der Waals surface area contributed by atoms with Crippen molar-refractivity contribution in [3.63, 3.8) is 0 Å². The van der Waals surface area contributed by atoms with Gasteiger partial charge in [0.05, 0.1) is 18.7 Å². The van der Waals surface area contributed by atoms with E-state index < -0.39 is 12.0 Å². The van der Waals surface area contributed by atoms with E-state index in [0.29, 0.717) is 28.8 Å². The summed E-state index contributed by atoms with van der Waals surface area (Å²) >= 11 is 6.16. The Morgan fingerprint density at radius 3 is 2.56 bits per heavy atom. The van der Waals surface area contributed by atoms with Crippen molar-refractivity contribution in [2.75, 3.05) is 26.7 Å². The summed E-state index contributed by atoms with van der Waals surface area (Å²) in [7, 11) is 1.35. The number of hydrogen-bond acceptors (Lipinski definition) is 4. The third-order valence-electron chi connectivity index (χ3n) is 6.20. The van der Waals surface area contributed by atoms with Crippen LogP contribution in [0.15, 0.2) is 65.9 Å². The molecule has 7 heteroatoms. The van der Waals surface area contributed by atoms with Crippen LogP contribution in [0.4, 0.5) is 4.79 Å². The Morgan fingerprint density at radius 1 is 1.12 bits per heavy atom. The van der Waals surface area contributed by atoms with Gasteiger partial charge in [0.2, 0.25) is 0 Å². The van der Waals surface area contributed by atoms with Gasteiger partial charge in [-0.1, -0.05) is 54.1 Å². The molecule has 2 aromatic rings. The number of ether oxygens (including phenoxy) is 1. The predicted molar refractivity (Wildman–Crippen MR) is 124 cm³/mol. The third-order valence-corrected chi connectivity index (χ3v) is 6.43. The third kappa shape index (κ3) is 5.31. The molecule has 32 heavy (non-hydrogen) atoms. The number of nitrogens with zero attached hydrogens (tertiary/aromatic N) is 1. The first-order valence-electron chi connectivity index (χ1n) is 10.9. The lowest BCUT2D eigenvalue weighted by molar-refractivity contribution is -0.136. The molecule has 6 nitrogen and oxygen atoms in total. The number of benzene rings is 2. The first-order chi connectivity index (χ1) is 15.5. The number of esters is 1. The van der Waals surface area contributed by atoms with Crippen LogP contribution in [0.2, 0.25) is 5.02 Å². The number of amides is 2. The second kappa shape index (κ2) is 10.2. The molecule has 2 heterocycles. The molecule has 0 spiro atoms. The Labute approximate surface area is 193 Å². The molecule has 1 saturated heterocycles. The molecular weight excluding hydrogens is 426 g/mol. The number of urea groups is 1. The maximum Gasteiger partial charge on any atom is 0.338 e. The van der Waals surface area contributed by atoms with Gasteiger partial charge in [-0.15, -0.1) is 0 Å². The summed E-state index contributed by atoms with van der Waals surface area (Å²) in [6.45, 7) is 2.33. The average Bonchev–Trinajstić information content (AvgIpc) is 2.80. The Morgan fingerprint density at radius 2 is 1.88 bits per heavy atom. The standard InChI is InChI=1S/C25H28ClN3O3/c1-32-24(30)22-21(27-25(31)28-23(22)19-8-5-9-20(26)15-19)16-29-12-10-18(11-13-29)14-17-6-3-2-4-7-17/h2-9,15,18,23H,10-14,16H2,1H3,(H2,27,28,31). The van der Waals surface area contributed by atoms with E-state index in [2.05, 4.69) is 39.8 Å². The smallest absolute Gasteiger partial charge is 0.338 e. The van der Waals surface area contributed by atoms with Gasteiger partial charge in [-0.3, -0.25) is 4.90 Å². The lowest BCUT2D eigenvalue weighted by Gasteiger charge is -2.35. The highest BCUT2D eigenvalue weighted by Gasteiger charge is 2.34. The molecule has 0 aliphatic carbocycles. The van der Waals surface area contributed by atoms with Gasteiger partial charge in [-0.05, 0) is 61.5 Å². The van der Waals surface area contributed by atoms with Crippen LogP contribution in [-0.2, 0) is 16.0 Å². The fraction of sp³-hybridized carbons (Fsp3) is 0.360. The van der Waals surface area contributed by atoms with Gasteiger partial charge in [0.25, 0.3) is 0 Å². The molecule has 0 aromatic heterocycles. The quantitative estimate of drug-likeness (QED) is 0.647. The van der Waals surface area contributed by atoms with Crippen molar-refractivity contribution < 1.29 is 14.3 Å². The number of carbonyl (C=O) groups excluding carboxylic acids is 2. The van der Waals surface area contributed by atoms with Gasteiger partial charge in [0.15, 0.2) is 0 Å². The van der Waals surface area contributed by atoms with E-state index in [9.17, 15) is 9.59 Å². The van der Waals surface area contributed by atoms with Gasteiger partial charge in [0, 0.05) is 17.3 Å². The van der Waals surface area contributed by atoms with Gasteiger partial charge >= 0.3 is 12.0 Å². The van der Waals surface area contributed by atoms with Crippen molar-refractivity contribution in [1.82, 2.24) is 15.5 Å². The van der Waals surface area contributed by atoms with Crippen molar-refractivity contribution >= 4 is 23.6 Å². The zero-order valence-corrected chi connectivity index (χ0v) is 18.9. The van der Waals surface area contributed by atoms with Crippen LogP contribution in [0.1, 0.15) is 30.0 Å². The molecule has 1 unspecified atom stereocenters. The SMILES string of the molecule is COC(=O)C1=C(CN2CCC(Cc3ccccc3)CC2)NC(=O)NC1c1cccc(Cl)c1. The van der Waals surface area contributed by atoms with E-state index in [-0.39, 0.29) is 6.03 Å². The number of nitrogens with one attached hydrogen (secondary N) is 2. The summed E-state index contributed by atoms with van der Waals surface area (Å²) in [5.74, 6) is 0.181. The highest BCUT2D eigenvalue weighted by molar-refractivity contribution is 6.30. The van der Waals surface area contributed by atoms with Crippen LogP contribution in [-0.4, -0.2) is 43.6 Å². The van der Waals surface area contributed by atoms with Crippen molar-refractivity contribution in [3.8, 4) is 0 Å². The minimum atomic E-state index is -0.611. The Hall–Kier alpha value is -2.83. The normalized spacial score (nSPS) is 19.9. The van der Waals surface area contributed by atoms with E-state index in [4.69, 9.17) is 16.3 Å². The number of rotatable bonds is 6. The molecule has 2 amide bonds. The molecule has 1 fully saturated rings. The Kier molecular flexibility index (Phi) is 7.12. The van der Waals surface area contributed by atoms with Gasteiger partial charge in [0.1, 0.15) is 0 Å². The van der Waals surface area contributed by atoms with Crippen LogP contribution in [0.25, 0.3) is 0 Å². The van der Waals surface area contributed by atoms with Crippen LogP contribution < -0.4 is 10.6 Å². The topological polar surface area (TPSA) is 70.7 Å². The van der Waals surface area contributed by atoms with E-state index in [0.717, 1.165) is 37.9 Å². The maximum absolute atomic E-state index is 12.7. The lowest BCUT2D eigenvalue weighted by atomic mass is 9.89. The molecule has 2 aliphatic heterocycles.